The van der Waals surface area contributed by atoms with Gasteiger partial charge in [-0.2, -0.15) is 14.6 Å². The Balaban J connectivity index is 1.58. The van der Waals surface area contributed by atoms with Gasteiger partial charge in [0.2, 0.25) is 11.9 Å². The largest absolute Gasteiger partial charge is 0.273 e. The minimum absolute atomic E-state index is 0.0605. The van der Waals surface area contributed by atoms with Crippen LogP contribution in [-0.2, 0) is 11.8 Å². The van der Waals surface area contributed by atoms with Crippen LogP contribution in [-0.4, -0.2) is 21.9 Å². The van der Waals surface area contributed by atoms with Crippen molar-refractivity contribution in [2.45, 2.75) is 26.2 Å². The zero-order valence-corrected chi connectivity index (χ0v) is 13.4. The van der Waals surface area contributed by atoms with E-state index in [2.05, 4.69) is 39.9 Å². The van der Waals surface area contributed by atoms with E-state index >= 15 is 0 Å². The summed E-state index contributed by atoms with van der Waals surface area (Å²) in [6, 6.07) is 8.22. The first kappa shape index (κ1) is 15.4. The maximum Gasteiger partial charge on any atom is 0.243 e. The smallest absolute Gasteiger partial charge is 0.243 e. The minimum atomic E-state index is -0.468. The van der Waals surface area contributed by atoms with E-state index in [1.54, 1.807) is 6.92 Å². The number of aryl methyl sites for hydroxylation is 3. The Morgan fingerprint density at radius 2 is 2.09 bits per heavy atom. The fourth-order valence-electron chi connectivity index (χ4n) is 2.70. The lowest BCUT2D eigenvalue weighted by molar-refractivity contribution is -0.122. The monoisotopic (exact) mass is 314 g/mol. The van der Waals surface area contributed by atoms with Gasteiger partial charge in [0.25, 0.3) is 0 Å². The molecule has 2 unspecified atom stereocenters. The Kier molecular flexibility index (Phi) is 3.98. The molecule has 1 aliphatic carbocycles. The van der Waals surface area contributed by atoms with Crippen molar-refractivity contribution in [3.63, 3.8) is 0 Å². The lowest BCUT2D eigenvalue weighted by Crippen LogP contribution is -2.20. The van der Waals surface area contributed by atoms with E-state index in [1.165, 1.54) is 24.4 Å². The van der Waals surface area contributed by atoms with Crippen molar-refractivity contribution in [1.29, 1.82) is 0 Å². The Morgan fingerprint density at radius 1 is 1.39 bits per heavy atom. The molecule has 0 spiro atoms. The molecule has 1 N–H and O–H groups in total. The molecule has 1 fully saturated rings. The number of carbonyl (C=O) groups is 1. The molecule has 0 bridgehead atoms. The lowest BCUT2D eigenvalue weighted by atomic mass is 10.1. The van der Waals surface area contributed by atoms with Gasteiger partial charge in [-0.1, -0.05) is 29.8 Å². The van der Waals surface area contributed by atoms with Crippen LogP contribution in [0.2, 0.25) is 0 Å². The molecule has 1 amide bonds. The maximum absolute atomic E-state index is 13.7. The fraction of sp³-hybridized carbons (Fsp3) is 0.353. The molecule has 1 saturated carbocycles. The molecule has 1 heterocycles. The number of amides is 1. The predicted octanol–water partition coefficient (Wildman–Crippen LogP) is 2.43. The summed E-state index contributed by atoms with van der Waals surface area (Å²) in [7, 11) is 1.52. The van der Waals surface area contributed by atoms with E-state index < -0.39 is 5.95 Å². The molecular formula is C17H19FN4O. The Labute approximate surface area is 134 Å². The van der Waals surface area contributed by atoms with Gasteiger partial charge in [0.1, 0.15) is 0 Å². The summed E-state index contributed by atoms with van der Waals surface area (Å²) >= 11 is 0. The number of nitrogens with one attached hydrogen (secondary N) is 1. The third-order valence-corrected chi connectivity index (χ3v) is 4.20. The average Bonchev–Trinajstić information content (AvgIpc) is 3.27. The van der Waals surface area contributed by atoms with Crippen molar-refractivity contribution >= 4 is 12.1 Å². The van der Waals surface area contributed by atoms with Gasteiger partial charge in [-0.25, -0.2) is 10.1 Å². The third kappa shape index (κ3) is 3.16. The molecule has 120 valence electrons. The van der Waals surface area contributed by atoms with Crippen molar-refractivity contribution in [2.24, 2.45) is 18.1 Å². The molecule has 0 radical (unpaired) electrons. The van der Waals surface area contributed by atoms with Crippen molar-refractivity contribution in [1.82, 2.24) is 15.2 Å². The summed E-state index contributed by atoms with van der Waals surface area (Å²) in [5.41, 5.74) is 5.70. The number of hydrazone groups is 1. The van der Waals surface area contributed by atoms with E-state index in [4.69, 9.17) is 0 Å². The van der Waals surface area contributed by atoms with Gasteiger partial charge in [0.15, 0.2) is 0 Å². The van der Waals surface area contributed by atoms with Crippen molar-refractivity contribution in [3.05, 3.63) is 52.6 Å². The van der Waals surface area contributed by atoms with Gasteiger partial charge in [-0.3, -0.25) is 4.79 Å². The quantitative estimate of drug-likeness (QED) is 0.696. The van der Waals surface area contributed by atoms with Crippen LogP contribution in [0.3, 0.4) is 0 Å². The molecule has 6 heteroatoms. The van der Waals surface area contributed by atoms with Gasteiger partial charge in [-0.15, -0.1) is 0 Å². The summed E-state index contributed by atoms with van der Waals surface area (Å²) in [5, 5.41) is 7.81. The predicted molar refractivity (Wildman–Crippen MR) is 85.7 cm³/mol. The highest BCUT2D eigenvalue weighted by atomic mass is 19.1. The molecule has 5 nitrogen and oxygen atoms in total. The first-order chi connectivity index (χ1) is 11.0. The van der Waals surface area contributed by atoms with Gasteiger partial charge < -0.3 is 0 Å². The highest BCUT2D eigenvalue weighted by molar-refractivity contribution is 5.86. The molecule has 1 aliphatic rings. The highest BCUT2D eigenvalue weighted by Crippen LogP contribution is 2.47. The Bertz CT molecular complexity index is 764. The van der Waals surface area contributed by atoms with Crippen LogP contribution in [0.15, 0.2) is 29.4 Å². The number of hydrogen-bond acceptors (Lipinski definition) is 3. The fourth-order valence-corrected chi connectivity index (χ4v) is 2.70. The number of carbonyl (C=O) groups excluding carboxylic acids is 1. The molecule has 0 aliphatic heterocycles. The van der Waals surface area contributed by atoms with Gasteiger partial charge in [0, 0.05) is 13.0 Å². The third-order valence-electron chi connectivity index (χ3n) is 4.20. The minimum Gasteiger partial charge on any atom is -0.273 e. The lowest BCUT2D eigenvalue weighted by Gasteiger charge is -2.01. The van der Waals surface area contributed by atoms with Gasteiger partial charge >= 0.3 is 0 Å². The summed E-state index contributed by atoms with van der Waals surface area (Å²) in [4.78, 5) is 12.1. The second kappa shape index (κ2) is 5.95. The normalized spacial score (nSPS) is 20.0. The molecular weight excluding hydrogens is 295 g/mol. The molecule has 23 heavy (non-hydrogen) atoms. The second-order valence-corrected chi connectivity index (χ2v) is 6.01. The van der Waals surface area contributed by atoms with E-state index in [-0.39, 0.29) is 17.7 Å². The standard InChI is InChI=1S/C17H19FN4O/c1-10-4-6-12(7-5-10)13-8-14(13)17(23)20-19-9-15-11(2)21-22(3)16(15)18/h4-7,9,13-14H,8H2,1-3H3,(H,20,23). The van der Waals surface area contributed by atoms with E-state index in [9.17, 15) is 9.18 Å². The summed E-state index contributed by atoms with van der Waals surface area (Å²) in [6.07, 6.45) is 2.13. The summed E-state index contributed by atoms with van der Waals surface area (Å²) < 4.78 is 14.9. The second-order valence-electron chi connectivity index (χ2n) is 6.01. The van der Waals surface area contributed by atoms with Gasteiger partial charge in [-0.05, 0) is 31.7 Å². The highest BCUT2D eigenvalue weighted by Gasteiger charge is 2.43. The first-order valence-electron chi connectivity index (χ1n) is 7.56. The van der Waals surface area contributed by atoms with E-state index in [0.717, 1.165) is 11.1 Å². The van der Waals surface area contributed by atoms with E-state index in [1.807, 2.05) is 6.92 Å². The zero-order chi connectivity index (χ0) is 16.6. The number of nitrogens with zero attached hydrogens (tertiary/aromatic N) is 3. The topological polar surface area (TPSA) is 59.3 Å². The average molecular weight is 314 g/mol. The molecule has 0 saturated heterocycles. The van der Waals surface area contributed by atoms with Crippen molar-refractivity contribution in [3.8, 4) is 0 Å². The van der Waals surface area contributed by atoms with Crippen LogP contribution in [0.25, 0.3) is 0 Å². The zero-order valence-electron chi connectivity index (χ0n) is 13.4. The number of rotatable bonds is 4. The van der Waals surface area contributed by atoms with Crippen molar-refractivity contribution < 1.29 is 9.18 Å². The number of halogens is 1. The van der Waals surface area contributed by atoms with Crippen LogP contribution in [0, 0.1) is 25.7 Å². The van der Waals surface area contributed by atoms with Crippen LogP contribution < -0.4 is 5.43 Å². The molecule has 1 aromatic carbocycles. The molecule has 2 atom stereocenters. The number of benzene rings is 1. The van der Waals surface area contributed by atoms with E-state index in [0.29, 0.717) is 11.3 Å². The molecule has 1 aromatic heterocycles. The number of hydrogen-bond donors (Lipinski definition) is 1. The van der Waals surface area contributed by atoms with Crippen LogP contribution in [0.4, 0.5) is 4.39 Å². The Hall–Kier alpha value is -2.50. The van der Waals surface area contributed by atoms with Crippen molar-refractivity contribution in [2.75, 3.05) is 0 Å². The van der Waals surface area contributed by atoms with Crippen LogP contribution >= 0.6 is 0 Å². The van der Waals surface area contributed by atoms with Gasteiger partial charge in [0.05, 0.1) is 17.5 Å². The SMILES string of the molecule is Cc1ccc(C2CC2C(=O)NN=Cc2c(C)nn(C)c2F)cc1. The number of aromatic nitrogens is 2. The first-order valence-corrected chi connectivity index (χ1v) is 7.56. The maximum atomic E-state index is 13.7. The molecule has 3 rings (SSSR count). The van der Waals surface area contributed by atoms with Crippen LogP contribution in [0.5, 0.6) is 0 Å². The summed E-state index contributed by atoms with van der Waals surface area (Å²) in [5.74, 6) is -0.407. The van der Waals surface area contributed by atoms with Crippen LogP contribution in [0.1, 0.15) is 34.7 Å². The molecule has 2 aromatic rings. The summed E-state index contributed by atoms with van der Waals surface area (Å²) in [6.45, 7) is 3.73. The Morgan fingerprint density at radius 3 is 2.70 bits per heavy atom.